The summed E-state index contributed by atoms with van der Waals surface area (Å²) in [6, 6.07) is 9.00. The van der Waals surface area contributed by atoms with Gasteiger partial charge < -0.3 is 25.3 Å². The third-order valence-electron chi connectivity index (χ3n) is 4.50. The number of hydrogen-bond acceptors (Lipinski definition) is 5. The molecule has 0 aliphatic carbocycles. The fourth-order valence-electron chi connectivity index (χ4n) is 2.94. The Morgan fingerprint density at radius 1 is 1.12 bits per heavy atom. The topological polar surface area (TPSA) is 91.8 Å². The maximum Gasteiger partial charge on any atom is 0.292 e. The predicted octanol–water partition coefficient (Wildman–Crippen LogP) is 1.71. The molecule has 0 saturated carbocycles. The van der Waals surface area contributed by atoms with Crippen molar-refractivity contribution in [3.05, 3.63) is 65.9 Å². The second-order valence-corrected chi connectivity index (χ2v) is 6.22. The minimum atomic E-state index is -0.430. The molecule has 1 fully saturated rings. The Hall–Kier alpha value is -3.22. The Balaban J connectivity index is 1.54. The van der Waals surface area contributed by atoms with Gasteiger partial charge in [0, 0.05) is 43.0 Å². The van der Waals surface area contributed by atoms with E-state index in [2.05, 4.69) is 16.8 Å². The molecule has 1 aliphatic heterocycles. The molecule has 1 aromatic heterocycles. The van der Waals surface area contributed by atoms with Gasteiger partial charge in [-0.15, -0.1) is 0 Å². The number of hydrogen-bond donors (Lipinski definition) is 2. The number of carbonyl (C=O) groups excluding carboxylic acids is 2. The maximum atomic E-state index is 12.2. The second-order valence-electron chi connectivity index (χ2n) is 6.22. The van der Waals surface area contributed by atoms with Gasteiger partial charge in [0.1, 0.15) is 5.82 Å². The Kier molecular flexibility index (Phi) is 4.97. The van der Waals surface area contributed by atoms with E-state index < -0.39 is 5.91 Å². The molecule has 7 heteroatoms. The molecule has 136 valence electrons. The number of furan rings is 1. The first-order chi connectivity index (χ1) is 12.5. The number of aryl methyl sites for hydroxylation is 1. The molecule has 1 aliphatic rings. The van der Waals surface area contributed by atoms with Crippen molar-refractivity contribution in [2.45, 2.75) is 6.92 Å². The summed E-state index contributed by atoms with van der Waals surface area (Å²) in [6.07, 6.45) is 1.50. The van der Waals surface area contributed by atoms with Gasteiger partial charge in [0.25, 0.3) is 5.91 Å². The zero-order valence-corrected chi connectivity index (χ0v) is 14.7. The van der Waals surface area contributed by atoms with Gasteiger partial charge in [-0.25, -0.2) is 0 Å². The molecule has 3 rings (SSSR count). The number of piperazine rings is 1. The number of carbonyl (C=O) groups is 2. The lowest BCUT2D eigenvalue weighted by Crippen LogP contribution is -2.48. The van der Waals surface area contributed by atoms with Crippen molar-refractivity contribution in [1.82, 2.24) is 10.2 Å². The number of amides is 2. The van der Waals surface area contributed by atoms with Crippen molar-refractivity contribution in [3.63, 3.8) is 0 Å². The van der Waals surface area contributed by atoms with Crippen LogP contribution in [0, 0.1) is 6.92 Å². The molecule has 2 aromatic rings. The smallest absolute Gasteiger partial charge is 0.292 e. The molecule has 0 unspecified atom stereocenters. The highest BCUT2D eigenvalue weighted by Crippen LogP contribution is 2.18. The van der Waals surface area contributed by atoms with Crippen molar-refractivity contribution < 1.29 is 14.0 Å². The molecule has 26 heavy (non-hydrogen) atoms. The van der Waals surface area contributed by atoms with Crippen molar-refractivity contribution in [2.24, 2.45) is 5.73 Å². The molecule has 0 radical (unpaired) electrons. The highest BCUT2D eigenvalue weighted by atomic mass is 16.3. The fraction of sp³-hybridized carbons (Fsp3) is 0.263. The van der Waals surface area contributed by atoms with Crippen LogP contribution in [0.15, 0.2) is 53.4 Å². The summed E-state index contributed by atoms with van der Waals surface area (Å²) in [7, 11) is 0. The first-order valence-corrected chi connectivity index (χ1v) is 8.40. The number of rotatable bonds is 5. The maximum absolute atomic E-state index is 12.2. The number of anilines is 1. The Bertz CT molecular complexity index is 818. The normalized spacial score (nSPS) is 14.2. The lowest BCUT2D eigenvalue weighted by Gasteiger charge is -2.38. The fourth-order valence-corrected chi connectivity index (χ4v) is 2.94. The molecular weight excluding hydrogens is 332 g/mol. The van der Waals surface area contributed by atoms with E-state index >= 15 is 0 Å². The zero-order chi connectivity index (χ0) is 18.7. The van der Waals surface area contributed by atoms with Crippen LogP contribution in [0.5, 0.6) is 0 Å². The average molecular weight is 354 g/mol. The van der Waals surface area contributed by atoms with Crippen LogP contribution in [0.25, 0.3) is 0 Å². The Morgan fingerprint density at radius 2 is 1.77 bits per heavy atom. The average Bonchev–Trinajstić information content (AvgIpc) is 3.08. The monoisotopic (exact) mass is 354 g/mol. The molecule has 2 heterocycles. The van der Waals surface area contributed by atoms with Gasteiger partial charge in [-0.1, -0.05) is 6.58 Å². The molecule has 1 saturated heterocycles. The summed E-state index contributed by atoms with van der Waals surface area (Å²) >= 11 is 0. The molecule has 0 bridgehead atoms. The van der Waals surface area contributed by atoms with Crippen molar-refractivity contribution >= 4 is 17.5 Å². The number of primary amides is 1. The van der Waals surface area contributed by atoms with Gasteiger partial charge in [-0.05, 0) is 37.3 Å². The van der Waals surface area contributed by atoms with E-state index in [1.54, 1.807) is 18.2 Å². The zero-order valence-electron chi connectivity index (χ0n) is 14.7. The van der Waals surface area contributed by atoms with Crippen molar-refractivity contribution in [2.75, 3.05) is 31.1 Å². The SMILES string of the molecule is C=C(NC(=O)c1occc1C)N1CCN(c2ccc(C(N)=O)cc2)CC1. The summed E-state index contributed by atoms with van der Waals surface area (Å²) in [4.78, 5) is 27.6. The molecule has 1 aromatic carbocycles. The van der Waals surface area contributed by atoms with Crippen LogP contribution in [0.4, 0.5) is 5.69 Å². The van der Waals surface area contributed by atoms with E-state index in [1.807, 2.05) is 24.0 Å². The summed E-state index contributed by atoms with van der Waals surface area (Å²) in [5, 5.41) is 2.80. The van der Waals surface area contributed by atoms with Crippen molar-refractivity contribution in [1.29, 1.82) is 0 Å². The van der Waals surface area contributed by atoms with Crippen molar-refractivity contribution in [3.8, 4) is 0 Å². The van der Waals surface area contributed by atoms with Gasteiger partial charge in [0.2, 0.25) is 5.91 Å². The van der Waals surface area contributed by atoms with Crippen LogP contribution in [0.2, 0.25) is 0 Å². The first kappa shape index (κ1) is 17.6. The third kappa shape index (κ3) is 3.72. The third-order valence-corrected chi connectivity index (χ3v) is 4.50. The molecule has 7 nitrogen and oxygen atoms in total. The summed E-state index contributed by atoms with van der Waals surface area (Å²) in [5.74, 6) is 0.149. The van der Waals surface area contributed by atoms with E-state index in [0.717, 1.165) is 37.4 Å². The predicted molar refractivity (Wildman–Crippen MR) is 98.8 cm³/mol. The number of nitrogens with two attached hydrogens (primary N) is 1. The number of benzene rings is 1. The molecule has 0 atom stereocenters. The summed E-state index contributed by atoms with van der Waals surface area (Å²) < 4.78 is 5.20. The van der Waals surface area contributed by atoms with Gasteiger partial charge in [0.05, 0.1) is 6.26 Å². The second kappa shape index (κ2) is 7.35. The van der Waals surface area contributed by atoms with Crippen LogP contribution < -0.4 is 16.0 Å². The standard InChI is InChI=1S/C19H22N4O3/c1-13-7-12-26-17(13)19(25)21-14(2)22-8-10-23(11-9-22)16-5-3-15(4-6-16)18(20)24/h3-7,12H,2,8-11H2,1H3,(H2,20,24)(H,21,25). The molecule has 2 amide bonds. The van der Waals surface area contributed by atoms with Gasteiger partial charge in [-0.3, -0.25) is 9.59 Å². The molecular formula is C19H22N4O3. The first-order valence-electron chi connectivity index (χ1n) is 8.40. The van der Waals surface area contributed by atoms with Crippen LogP contribution in [0.1, 0.15) is 26.5 Å². The van der Waals surface area contributed by atoms with Crippen LogP contribution in [-0.2, 0) is 0 Å². The lowest BCUT2D eigenvalue weighted by molar-refractivity contribution is 0.0921. The Labute approximate surface area is 152 Å². The highest BCUT2D eigenvalue weighted by molar-refractivity contribution is 5.94. The van der Waals surface area contributed by atoms with E-state index in [4.69, 9.17) is 10.2 Å². The van der Waals surface area contributed by atoms with Crippen LogP contribution in [-0.4, -0.2) is 42.9 Å². The summed E-state index contributed by atoms with van der Waals surface area (Å²) in [5.41, 5.74) is 7.59. The molecule has 3 N–H and O–H groups in total. The Morgan fingerprint density at radius 3 is 2.31 bits per heavy atom. The van der Waals surface area contributed by atoms with Crippen LogP contribution >= 0.6 is 0 Å². The van der Waals surface area contributed by atoms with E-state index in [-0.39, 0.29) is 5.91 Å². The van der Waals surface area contributed by atoms with Gasteiger partial charge in [-0.2, -0.15) is 0 Å². The largest absolute Gasteiger partial charge is 0.459 e. The van der Waals surface area contributed by atoms with Gasteiger partial charge in [0.15, 0.2) is 5.76 Å². The van der Waals surface area contributed by atoms with E-state index in [1.165, 1.54) is 6.26 Å². The quantitative estimate of drug-likeness (QED) is 0.853. The van der Waals surface area contributed by atoms with Crippen LogP contribution in [0.3, 0.4) is 0 Å². The lowest BCUT2D eigenvalue weighted by atomic mass is 10.1. The summed E-state index contributed by atoms with van der Waals surface area (Å²) in [6.45, 7) is 8.82. The van der Waals surface area contributed by atoms with E-state index in [9.17, 15) is 9.59 Å². The minimum absolute atomic E-state index is 0.290. The van der Waals surface area contributed by atoms with E-state index in [0.29, 0.717) is 17.1 Å². The number of nitrogens with zero attached hydrogens (tertiary/aromatic N) is 2. The highest BCUT2D eigenvalue weighted by Gasteiger charge is 2.21. The number of nitrogens with one attached hydrogen (secondary N) is 1. The molecule has 0 spiro atoms. The van der Waals surface area contributed by atoms with Gasteiger partial charge >= 0.3 is 0 Å². The minimum Gasteiger partial charge on any atom is -0.459 e.